The lowest BCUT2D eigenvalue weighted by Gasteiger charge is -2.25. The molecule has 3 rings (SSSR count). The average Bonchev–Trinajstić information content (AvgIpc) is 2.94. The summed E-state index contributed by atoms with van der Waals surface area (Å²) in [7, 11) is 0. The van der Waals surface area contributed by atoms with Crippen LogP contribution in [0.3, 0.4) is 0 Å². The molecule has 0 radical (unpaired) electrons. The molecule has 2 aromatic rings. The van der Waals surface area contributed by atoms with Gasteiger partial charge >= 0.3 is 0 Å². The standard InChI is InChI=1S/C17H21N3OS/c1-11-19-16(10-22-11)12-4-3-7-15(9-12)20-17(21)13-5-2-6-14(18)8-13/h3-4,7,9-10,13-14H,2,5-6,8,18H2,1H3,(H,20,21). The minimum absolute atomic E-state index is 0.0360. The summed E-state index contributed by atoms with van der Waals surface area (Å²) in [5, 5.41) is 6.11. The molecular formula is C17H21N3OS. The monoisotopic (exact) mass is 315 g/mol. The number of carbonyl (C=O) groups excluding carboxylic acids is 1. The van der Waals surface area contributed by atoms with Crippen molar-refractivity contribution >= 4 is 22.9 Å². The number of rotatable bonds is 3. The molecule has 0 saturated heterocycles. The number of hydrogen-bond acceptors (Lipinski definition) is 4. The second-order valence-corrected chi connectivity index (χ2v) is 7.01. The third-order valence-electron chi connectivity index (χ3n) is 4.13. The van der Waals surface area contributed by atoms with Gasteiger partial charge in [0.1, 0.15) is 0 Å². The third-order valence-corrected chi connectivity index (χ3v) is 4.90. The van der Waals surface area contributed by atoms with Crippen molar-refractivity contribution in [2.24, 2.45) is 11.7 Å². The first-order valence-corrected chi connectivity index (χ1v) is 8.59. The number of anilines is 1. The molecule has 1 saturated carbocycles. The van der Waals surface area contributed by atoms with E-state index < -0.39 is 0 Å². The molecule has 22 heavy (non-hydrogen) atoms. The topological polar surface area (TPSA) is 68.0 Å². The Morgan fingerprint density at radius 2 is 2.27 bits per heavy atom. The number of carbonyl (C=O) groups is 1. The van der Waals surface area contributed by atoms with Gasteiger partial charge in [-0.05, 0) is 38.3 Å². The van der Waals surface area contributed by atoms with Crippen molar-refractivity contribution in [3.8, 4) is 11.3 Å². The lowest BCUT2D eigenvalue weighted by molar-refractivity contribution is -0.120. The number of nitrogens with one attached hydrogen (secondary N) is 1. The molecule has 1 aromatic carbocycles. The maximum Gasteiger partial charge on any atom is 0.227 e. The molecule has 3 N–H and O–H groups in total. The van der Waals surface area contributed by atoms with Crippen molar-refractivity contribution < 1.29 is 4.79 Å². The minimum Gasteiger partial charge on any atom is -0.328 e. The number of aromatic nitrogens is 1. The second-order valence-electron chi connectivity index (χ2n) is 5.95. The van der Waals surface area contributed by atoms with E-state index in [1.807, 2.05) is 36.6 Å². The van der Waals surface area contributed by atoms with Crippen LogP contribution in [0, 0.1) is 12.8 Å². The highest BCUT2D eigenvalue weighted by Gasteiger charge is 2.25. The fourth-order valence-electron chi connectivity index (χ4n) is 2.96. The molecule has 2 atom stereocenters. The van der Waals surface area contributed by atoms with Crippen LogP contribution in [0.5, 0.6) is 0 Å². The largest absolute Gasteiger partial charge is 0.328 e. The summed E-state index contributed by atoms with van der Waals surface area (Å²) in [6.45, 7) is 1.99. The molecule has 1 heterocycles. The van der Waals surface area contributed by atoms with Crippen LogP contribution < -0.4 is 11.1 Å². The summed E-state index contributed by atoms with van der Waals surface area (Å²) in [5.41, 5.74) is 8.78. The molecule has 2 unspecified atom stereocenters. The van der Waals surface area contributed by atoms with E-state index in [0.29, 0.717) is 0 Å². The zero-order valence-electron chi connectivity index (χ0n) is 12.7. The van der Waals surface area contributed by atoms with Gasteiger partial charge in [-0.25, -0.2) is 4.98 Å². The van der Waals surface area contributed by atoms with Crippen LogP contribution in [0.15, 0.2) is 29.6 Å². The van der Waals surface area contributed by atoms with Crippen molar-refractivity contribution in [1.82, 2.24) is 4.98 Å². The highest BCUT2D eigenvalue weighted by Crippen LogP contribution is 2.27. The van der Waals surface area contributed by atoms with Gasteiger partial charge < -0.3 is 11.1 Å². The number of amides is 1. The fraction of sp³-hybridized carbons (Fsp3) is 0.412. The highest BCUT2D eigenvalue weighted by molar-refractivity contribution is 7.09. The van der Waals surface area contributed by atoms with Gasteiger partial charge in [0, 0.05) is 28.6 Å². The average molecular weight is 315 g/mol. The van der Waals surface area contributed by atoms with Crippen molar-refractivity contribution in [2.75, 3.05) is 5.32 Å². The number of nitrogens with two attached hydrogens (primary N) is 1. The summed E-state index contributed by atoms with van der Waals surface area (Å²) in [5.74, 6) is 0.121. The van der Waals surface area contributed by atoms with Crippen LogP contribution in [0.2, 0.25) is 0 Å². The number of thiazole rings is 1. The fourth-order valence-corrected chi connectivity index (χ4v) is 3.58. The predicted molar refractivity (Wildman–Crippen MR) is 90.9 cm³/mol. The molecule has 1 aromatic heterocycles. The number of hydrogen-bond donors (Lipinski definition) is 2. The summed E-state index contributed by atoms with van der Waals surface area (Å²) in [4.78, 5) is 16.9. The van der Waals surface area contributed by atoms with E-state index in [4.69, 9.17) is 5.73 Å². The molecule has 1 fully saturated rings. The van der Waals surface area contributed by atoms with Gasteiger partial charge in [-0.15, -0.1) is 11.3 Å². The second kappa shape index (κ2) is 6.58. The normalized spacial score (nSPS) is 21.5. The van der Waals surface area contributed by atoms with E-state index in [1.165, 1.54) is 0 Å². The first-order valence-electron chi connectivity index (χ1n) is 7.71. The molecule has 0 bridgehead atoms. The number of benzene rings is 1. The van der Waals surface area contributed by atoms with Crippen LogP contribution in [-0.2, 0) is 4.79 Å². The van der Waals surface area contributed by atoms with E-state index in [0.717, 1.165) is 47.6 Å². The molecule has 1 amide bonds. The van der Waals surface area contributed by atoms with Crippen LogP contribution in [0.25, 0.3) is 11.3 Å². The molecule has 116 valence electrons. The molecule has 0 aliphatic heterocycles. The summed E-state index contributed by atoms with van der Waals surface area (Å²) in [6.07, 6.45) is 3.79. The van der Waals surface area contributed by atoms with Gasteiger partial charge in [-0.3, -0.25) is 4.79 Å². The first-order chi connectivity index (χ1) is 10.6. The van der Waals surface area contributed by atoms with Crippen molar-refractivity contribution in [1.29, 1.82) is 0 Å². The Hall–Kier alpha value is -1.72. The van der Waals surface area contributed by atoms with Gasteiger partial charge in [-0.2, -0.15) is 0 Å². The molecule has 4 nitrogen and oxygen atoms in total. The summed E-state index contributed by atoms with van der Waals surface area (Å²) in [6, 6.07) is 8.03. The zero-order valence-corrected chi connectivity index (χ0v) is 13.5. The lowest BCUT2D eigenvalue weighted by Crippen LogP contribution is -2.34. The predicted octanol–water partition coefficient (Wildman–Crippen LogP) is 3.57. The van der Waals surface area contributed by atoms with Crippen molar-refractivity contribution in [3.05, 3.63) is 34.7 Å². The van der Waals surface area contributed by atoms with Gasteiger partial charge in [0.2, 0.25) is 5.91 Å². The molecule has 5 heteroatoms. The van der Waals surface area contributed by atoms with Gasteiger partial charge in [-0.1, -0.05) is 18.6 Å². The number of aryl methyl sites for hydroxylation is 1. The Balaban J connectivity index is 1.71. The zero-order chi connectivity index (χ0) is 15.5. The summed E-state index contributed by atoms with van der Waals surface area (Å²) < 4.78 is 0. The molecule has 1 aliphatic carbocycles. The van der Waals surface area contributed by atoms with Crippen molar-refractivity contribution in [3.63, 3.8) is 0 Å². The SMILES string of the molecule is Cc1nc(-c2cccc(NC(=O)C3CCCC(N)C3)c2)cs1. The van der Waals surface area contributed by atoms with Gasteiger partial charge in [0.15, 0.2) is 0 Å². The van der Waals surface area contributed by atoms with Gasteiger partial charge in [0.25, 0.3) is 0 Å². The molecule has 0 spiro atoms. The maximum atomic E-state index is 12.4. The minimum atomic E-state index is 0.0360. The first kappa shape index (κ1) is 15.2. The third kappa shape index (κ3) is 3.54. The molecular weight excluding hydrogens is 294 g/mol. The smallest absolute Gasteiger partial charge is 0.227 e. The van der Waals surface area contributed by atoms with E-state index in [9.17, 15) is 4.79 Å². The molecule has 1 aliphatic rings. The lowest BCUT2D eigenvalue weighted by atomic mass is 9.85. The van der Waals surface area contributed by atoms with Crippen LogP contribution >= 0.6 is 11.3 Å². The van der Waals surface area contributed by atoms with Crippen LogP contribution in [0.1, 0.15) is 30.7 Å². The summed E-state index contributed by atoms with van der Waals surface area (Å²) >= 11 is 1.63. The Labute approximate surface area is 134 Å². The highest BCUT2D eigenvalue weighted by atomic mass is 32.1. The Bertz CT molecular complexity index is 667. The maximum absolute atomic E-state index is 12.4. The Kier molecular flexibility index (Phi) is 4.55. The van der Waals surface area contributed by atoms with E-state index >= 15 is 0 Å². The van der Waals surface area contributed by atoms with Crippen LogP contribution in [-0.4, -0.2) is 16.9 Å². The van der Waals surface area contributed by atoms with Gasteiger partial charge in [0.05, 0.1) is 10.7 Å². The number of nitrogens with zero attached hydrogens (tertiary/aromatic N) is 1. The Morgan fingerprint density at radius 1 is 1.41 bits per heavy atom. The Morgan fingerprint density at radius 3 is 3.00 bits per heavy atom. The van der Waals surface area contributed by atoms with Crippen LogP contribution in [0.4, 0.5) is 5.69 Å². The van der Waals surface area contributed by atoms with E-state index in [-0.39, 0.29) is 17.9 Å². The van der Waals surface area contributed by atoms with E-state index in [2.05, 4.69) is 10.3 Å². The van der Waals surface area contributed by atoms with Crippen molar-refractivity contribution in [2.45, 2.75) is 38.6 Å². The quantitative estimate of drug-likeness (QED) is 0.909. The van der Waals surface area contributed by atoms with E-state index in [1.54, 1.807) is 11.3 Å².